The Labute approximate surface area is 286 Å². The van der Waals surface area contributed by atoms with Crippen molar-refractivity contribution in [3.8, 4) is 5.75 Å². The zero-order valence-electron chi connectivity index (χ0n) is 27.1. The topological polar surface area (TPSA) is 168 Å². The molecule has 2 aliphatic rings. The minimum absolute atomic E-state index is 0. The first-order valence-electron chi connectivity index (χ1n) is 16.1. The molecule has 0 unspecified atom stereocenters. The van der Waals surface area contributed by atoms with Crippen molar-refractivity contribution in [2.45, 2.75) is 70.0 Å². The van der Waals surface area contributed by atoms with E-state index in [-0.39, 0.29) is 48.5 Å². The number of nitrogens with one attached hydrogen (secondary N) is 2. The Hall–Kier alpha value is -3.26. The van der Waals surface area contributed by atoms with Gasteiger partial charge in [-0.25, -0.2) is 4.98 Å². The Kier molecular flexibility index (Phi) is 16.4. The van der Waals surface area contributed by atoms with E-state index in [0.717, 1.165) is 50.0 Å². The van der Waals surface area contributed by atoms with Gasteiger partial charge in [-0.15, -0.1) is 23.7 Å². The molecule has 0 bridgehead atoms. The van der Waals surface area contributed by atoms with Crippen molar-refractivity contribution in [1.82, 2.24) is 20.5 Å². The van der Waals surface area contributed by atoms with Crippen LogP contribution in [0.3, 0.4) is 0 Å². The van der Waals surface area contributed by atoms with E-state index in [1.165, 1.54) is 11.3 Å². The van der Waals surface area contributed by atoms with Crippen molar-refractivity contribution < 1.29 is 28.6 Å². The number of hydrogen-bond acceptors (Lipinski definition) is 10. The smallest absolute Gasteiger partial charge is 0.246 e. The van der Waals surface area contributed by atoms with Crippen LogP contribution >= 0.6 is 23.7 Å². The van der Waals surface area contributed by atoms with Gasteiger partial charge in [0, 0.05) is 28.9 Å². The number of nitrogens with zero attached hydrogens (tertiary/aromatic N) is 5. The molecule has 2 amide bonds. The van der Waals surface area contributed by atoms with E-state index < -0.39 is 12.1 Å². The van der Waals surface area contributed by atoms with Gasteiger partial charge in [-0.2, -0.15) is 0 Å². The van der Waals surface area contributed by atoms with Crippen LogP contribution in [0.15, 0.2) is 34.8 Å². The summed E-state index contributed by atoms with van der Waals surface area (Å²) in [5, 5.41) is 11.9. The number of amides is 2. The SMILES string of the molecule is CN[C@@H](C)C(=O)N[C@H](C(=O)N1CCC[C@H]1c1nc(C(=O)c2cccc(OCCOCCOCCN=[N+]=[N-])c2)cs1)C1CCCCC1.Cl. The lowest BCUT2D eigenvalue weighted by Gasteiger charge is -2.35. The van der Waals surface area contributed by atoms with E-state index in [0.29, 0.717) is 56.6 Å². The number of hydrogen-bond donors (Lipinski definition) is 2. The first kappa shape index (κ1) is 38.2. The summed E-state index contributed by atoms with van der Waals surface area (Å²) < 4.78 is 16.5. The molecule has 2 aromatic rings. The number of likely N-dealkylation sites (N-methyl/N-ethyl adjacent to an activating group) is 1. The number of azide groups is 1. The van der Waals surface area contributed by atoms with Crippen molar-refractivity contribution in [2.24, 2.45) is 11.0 Å². The maximum Gasteiger partial charge on any atom is 0.246 e. The highest BCUT2D eigenvalue weighted by molar-refractivity contribution is 7.10. The lowest BCUT2D eigenvalue weighted by atomic mass is 9.83. The molecule has 1 aromatic carbocycles. The number of likely N-dealkylation sites (tertiary alicyclic amines) is 1. The average molecular weight is 692 g/mol. The third-order valence-electron chi connectivity index (χ3n) is 8.45. The molecule has 0 radical (unpaired) electrons. The summed E-state index contributed by atoms with van der Waals surface area (Å²) in [5.74, 6) is 0.215. The molecule has 258 valence electrons. The highest BCUT2D eigenvalue weighted by Gasteiger charge is 2.40. The second-order valence-corrected chi connectivity index (χ2v) is 12.4. The Morgan fingerprint density at radius 1 is 1.09 bits per heavy atom. The molecule has 2 heterocycles. The van der Waals surface area contributed by atoms with Crippen LogP contribution in [-0.4, -0.2) is 92.7 Å². The fourth-order valence-electron chi connectivity index (χ4n) is 5.83. The van der Waals surface area contributed by atoms with Gasteiger partial charge >= 0.3 is 0 Å². The van der Waals surface area contributed by atoms with E-state index >= 15 is 0 Å². The number of carbonyl (C=O) groups is 3. The van der Waals surface area contributed by atoms with Crippen molar-refractivity contribution in [3.05, 3.63) is 56.4 Å². The lowest BCUT2D eigenvalue weighted by molar-refractivity contribution is -0.139. The number of halogens is 1. The average Bonchev–Trinajstić information content (AvgIpc) is 3.78. The van der Waals surface area contributed by atoms with Gasteiger partial charge in [0.1, 0.15) is 29.1 Å². The van der Waals surface area contributed by atoms with Crippen molar-refractivity contribution in [1.29, 1.82) is 0 Å². The van der Waals surface area contributed by atoms with Gasteiger partial charge < -0.3 is 29.7 Å². The normalized spacial score (nSPS) is 17.7. The summed E-state index contributed by atoms with van der Waals surface area (Å²) >= 11 is 1.39. The van der Waals surface area contributed by atoms with Crippen LogP contribution in [0.4, 0.5) is 0 Å². The van der Waals surface area contributed by atoms with E-state index in [1.807, 2.05) is 4.90 Å². The maximum atomic E-state index is 14.0. The van der Waals surface area contributed by atoms with Gasteiger partial charge in [0.15, 0.2) is 0 Å². The van der Waals surface area contributed by atoms with Crippen LogP contribution in [0.1, 0.15) is 79.0 Å². The van der Waals surface area contributed by atoms with Crippen molar-refractivity contribution in [3.63, 3.8) is 0 Å². The Balaban J connectivity index is 0.00000600. The van der Waals surface area contributed by atoms with Gasteiger partial charge in [0.25, 0.3) is 0 Å². The predicted molar refractivity (Wildman–Crippen MR) is 181 cm³/mol. The first-order valence-corrected chi connectivity index (χ1v) is 17.0. The molecule has 1 aliphatic carbocycles. The minimum atomic E-state index is -0.567. The van der Waals surface area contributed by atoms with Crippen LogP contribution in [0, 0.1) is 5.92 Å². The predicted octanol–water partition coefficient (Wildman–Crippen LogP) is 4.85. The van der Waals surface area contributed by atoms with E-state index in [2.05, 4.69) is 20.7 Å². The second kappa shape index (κ2) is 20.2. The molecule has 1 aromatic heterocycles. The Morgan fingerprint density at radius 3 is 2.57 bits per heavy atom. The summed E-state index contributed by atoms with van der Waals surface area (Å²) in [4.78, 5) is 49.5. The maximum absolute atomic E-state index is 14.0. The van der Waals surface area contributed by atoms with Gasteiger partial charge in [-0.3, -0.25) is 14.4 Å². The monoisotopic (exact) mass is 691 g/mol. The Morgan fingerprint density at radius 2 is 1.83 bits per heavy atom. The largest absolute Gasteiger partial charge is 0.491 e. The molecule has 1 saturated carbocycles. The number of aromatic nitrogens is 1. The van der Waals surface area contributed by atoms with Crippen LogP contribution in [-0.2, 0) is 19.1 Å². The summed E-state index contributed by atoms with van der Waals surface area (Å²) in [6.07, 6.45) is 6.72. The van der Waals surface area contributed by atoms with Crippen LogP contribution in [0.25, 0.3) is 10.4 Å². The molecular formula is C32H46ClN7O6S. The Bertz CT molecular complexity index is 1350. The molecule has 0 spiro atoms. The number of carbonyl (C=O) groups excluding carboxylic acids is 3. The first-order chi connectivity index (χ1) is 22.4. The van der Waals surface area contributed by atoms with Crippen LogP contribution in [0.2, 0.25) is 0 Å². The number of rotatable bonds is 18. The molecular weight excluding hydrogens is 646 g/mol. The molecule has 13 nitrogen and oxygen atoms in total. The second-order valence-electron chi connectivity index (χ2n) is 11.5. The fourth-order valence-corrected chi connectivity index (χ4v) is 6.78. The summed E-state index contributed by atoms with van der Waals surface area (Å²) in [6.45, 7) is 4.45. The third-order valence-corrected chi connectivity index (χ3v) is 9.40. The molecule has 4 rings (SSSR count). The molecule has 1 aliphatic heterocycles. The zero-order valence-corrected chi connectivity index (χ0v) is 28.7. The van der Waals surface area contributed by atoms with Crippen LogP contribution in [0.5, 0.6) is 5.75 Å². The lowest BCUT2D eigenvalue weighted by Crippen LogP contribution is -2.55. The van der Waals surface area contributed by atoms with Gasteiger partial charge in [0.05, 0.1) is 38.5 Å². The minimum Gasteiger partial charge on any atom is -0.491 e. The zero-order chi connectivity index (χ0) is 32.7. The van der Waals surface area contributed by atoms with E-state index in [4.69, 9.17) is 24.7 Å². The van der Waals surface area contributed by atoms with Crippen molar-refractivity contribution >= 4 is 41.3 Å². The third kappa shape index (κ3) is 11.2. The standard InChI is InChI=1S/C32H45N7O6S.ClH/c1-22(34-2)30(41)37-28(23-8-4-3-5-9-23)32(42)39-14-7-12-27(39)31-36-26(21-46-31)29(40)24-10-6-11-25(20-24)45-19-18-44-17-16-43-15-13-35-38-33;/h6,10-11,20-23,27-28,34H,3-5,7-9,12-19H2,1-2H3,(H,37,41);1H/t22-,27-,28-;/m0./s1. The van der Waals surface area contributed by atoms with Crippen molar-refractivity contribution in [2.75, 3.05) is 53.2 Å². The molecule has 3 atom stereocenters. The van der Waals surface area contributed by atoms with E-state index in [9.17, 15) is 14.4 Å². The number of thiazole rings is 1. The van der Waals surface area contributed by atoms with Gasteiger partial charge in [-0.05, 0) is 63.2 Å². The number of ketones is 1. The summed E-state index contributed by atoms with van der Waals surface area (Å²) in [7, 11) is 1.73. The summed E-state index contributed by atoms with van der Waals surface area (Å²) in [6, 6.07) is 5.77. The highest BCUT2D eigenvalue weighted by Crippen LogP contribution is 2.36. The van der Waals surface area contributed by atoms with Gasteiger partial charge in [0.2, 0.25) is 17.6 Å². The quantitative estimate of drug-likeness (QED) is 0.0735. The highest BCUT2D eigenvalue weighted by atomic mass is 35.5. The molecule has 2 N–H and O–H groups in total. The molecule has 2 fully saturated rings. The molecule has 1 saturated heterocycles. The van der Waals surface area contributed by atoms with E-state index in [1.54, 1.807) is 43.6 Å². The molecule has 15 heteroatoms. The van der Waals surface area contributed by atoms with Crippen LogP contribution < -0.4 is 15.4 Å². The van der Waals surface area contributed by atoms with Gasteiger partial charge in [-0.1, -0.05) is 36.5 Å². The number of benzene rings is 1. The molecule has 47 heavy (non-hydrogen) atoms. The summed E-state index contributed by atoms with van der Waals surface area (Å²) in [5.41, 5.74) is 9.03. The fraction of sp³-hybridized carbons (Fsp3) is 0.625. The number of ether oxygens (including phenoxy) is 3.